The summed E-state index contributed by atoms with van der Waals surface area (Å²) in [5.41, 5.74) is 1.41. The molecule has 68 valence electrons. The highest BCUT2D eigenvalue weighted by atomic mass is 14.7. The predicted molar refractivity (Wildman–Crippen MR) is 56.4 cm³/mol. The third kappa shape index (κ3) is 2.18. The zero-order valence-corrected chi connectivity index (χ0v) is 7.82. The van der Waals surface area contributed by atoms with Crippen molar-refractivity contribution in [3.05, 3.63) is 35.9 Å². The minimum Gasteiger partial charge on any atom is -0.297 e. The summed E-state index contributed by atoms with van der Waals surface area (Å²) in [6, 6.07) is 10.7. The third-order valence-electron chi connectivity index (χ3n) is 2.57. The zero-order valence-electron chi connectivity index (χ0n) is 7.82. The highest BCUT2D eigenvalue weighted by Crippen LogP contribution is 2.21. The van der Waals surface area contributed by atoms with Crippen LogP contribution in [-0.2, 0) is 0 Å². The first-order chi connectivity index (χ1) is 6.47. The topological polar surface area (TPSA) is 12.4 Å². The SMILES string of the molecule is C1=NCCCCC1c1ccccc1. The Kier molecular flexibility index (Phi) is 2.75. The van der Waals surface area contributed by atoms with Gasteiger partial charge in [-0.05, 0) is 18.4 Å². The van der Waals surface area contributed by atoms with Crippen LogP contribution < -0.4 is 0 Å². The van der Waals surface area contributed by atoms with Gasteiger partial charge in [-0.3, -0.25) is 4.99 Å². The Morgan fingerprint density at radius 2 is 1.92 bits per heavy atom. The molecule has 0 bridgehead atoms. The van der Waals surface area contributed by atoms with Gasteiger partial charge >= 0.3 is 0 Å². The van der Waals surface area contributed by atoms with Gasteiger partial charge in [0.05, 0.1) is 0 Å². The van der Waals surface area contributed by atoms with Crippen LogP contribution in [0.1, 0.15) is 30.7 Å². The van der Waals surface area contributed by atoms with Gasteiger partial charge in [0.15, 0.2) is 0 Å². The molecular formula is C12H15N. The van der Waals surface area contributed by atoms with Gasteiger partial charge in [0.1, 0.15) is 0 Å². The summed E-state index contributed by atoms with van der Waals surface area (Å²) >= 11 is 0. The molecule has 13 heavy (non-hydrogen) atoms. The second-order valence-electron chi connectivity index (χ2n) is 3.57. The van der Waals surface area contributed by atoms with Crippen LogP contribution in [0.4, 0.5) is 0 Å². The maximum Gasteiger partial charge on any atom is 0.0385 e. The van der Waals surface area contributed by atoms with E-state index in [9.17, 15) is 0 Å². The molecule has 0 aliphatic carbocycles. The van der Waals surface area contributed by atoms with E-state index in [4.69, 9.17) is 0 Å². The molecule has 1 aromatic carbocycles. The molecule has 2 rings (SSSR count). The summed E-state index contributed by atoms with van der Waals surface area (Å²) < 4.78 is 0. The highest BCUT2D eigenvalue weighted by Gasteiger charge is 2.09. The second kappa shape index (κ2) is 4.22. The largest absolute Gasteiger partial charge is 0.297 e. The molecule has 0 aromatic heterocycles. The number of benzene rings is 1. The molecule has 0 N–H and O–H groups in total. The molecule has 0 saturated carbocycles. The van der Waals surface area contributed by atoms with Gasteiger partial charge in [0.25, 0.3) is 0 Å². The van der Waals surface area contributed by atoms with E-state index in [-0.39, 0.29) is 0 Å². The van der Waals surface area contributed by atoms with Crippen molar-refractivity contribution >= 4 is 6.21 Å². The number of rotatable bonds is 1. The van der Waals surface area contributed by atoms with Crippen molar-refractivity contribution in [1.82, 2.24) is 0 Å². The quantitative estimate of drug-likeness (QED) is 0.619. The fourth-order valence-corrected chi connectivity index (χ4v) is 1.80. The number of aliphatic imine (C=N–C) groups is 1. The van der Waals surface area contributed by atoms with Crippen molar-refractivity contribution in [2.24, 2.45) is 4.99 Å². The summed E-state index contributed by atoms with van der Waals surface area (Å²) in [7, 11) is 0. The van der Waals surface area contributed by atoms with Crippen molar-refractivity contribution in [3.63, 3.8) is 0 Å². The van der Waals surface area contributed by atoms with E-state index < -0.39 is 0 Å². The van der Waals surface area contributed by atoms with Gasteiger partial charge in [-0.1, -0.05) is 36.8 Å². The molecule has 0 saturated heterocycles. The Morgan fingerprint density at radius 1 is 1.08 bits per heavy atom. The smallest absolute Gasteiger partial charge is 0.0385 e. The number of hydrogen-bond donors (Lipinski definition) is 0. The van der Waals surface area contributed by atoms with Crippen LogP contribution in [0, 0.1) is 0 Å². The summed E-state index contributed by atoms with van der Waals surface area (Å²) in [5.74, 6) is 0.559. The Labute approximate surface area is 79.5 Å². The lowest BCUT2D eigenvalue weighted by molar-refractivity contribution is 0.689. The lowest BCUT2D eigenvalue weighted by Gasteiger charge is -2.09. The lowest BCUT2D eigenvalue weighted by atomic mass is 9.95. The molecule has 1 heterocycles. The van der Waals surface area contributed by atoms with Crippen LogP contribution in [0.2, 0.25) is 0 Å². The van der Waals surface area contributed by atoms with Crippen LogP contribution in [-0.4, -0.2) is 12.8 Å². The maximum absolute atomic E-state index is 4.40. The standard InChI is InChI=1S/C12H15N/c1-2-6-11(7-3-1)12-8-4-5-9-13-10-12/h1-3,6-7,10,12H,4-5,8-9H2. The monoisotopic (exact) mass is 173 g/mol. The molecule has 1 nitrogen and oxygen atoms in total. The highest BCUT2D eigenvalue weighted by molar-refractivity contribution is 5.68. The van der Waals surface area contributed by atoms with E-state index in [1.807, 2.05) is 0 Å². The first-order valence-corrected chi connectivity index (χ1v) is 5.02. The normalized spacial score (nSPS) is 22.6. The van der Waals surface area contributed by atoms with Crippen LogP contribution in [0.3, 0.4) is 0 Å². The van der Waals surface area contributed by atoms with Gasteiger partial charge in [-0.15, -0.1) is 0 Å². The maximum atomic E-state index is 4.40. The fraction of sp³-hybridized carbons (Fsp3) is 0.417. The van der Waals surface area contributed by atoms with Crippen LogP contribution in [0.15, 0.2) is 35.3 Å². The molecule has 1 aromatic rings. The molecule has 1 heteroatoms. The minimum atomic E-state index is 0.559. The number of hydrogen-bond acceptors (Lipinski definition) is 1. The van der Waals surface area contributed by atoms with Gasteiger partial charge in [0, 0.05) is 18.7 Å². The Hall–Kier alpha value is -1.11. The van der Waals surface area contributed by atoms with E-state index >= 15 is 0 Å². The summed E-state index contributed by atoms with van der Waals surface area (Å²) in [6.07, 6.45) is 5.94. The van der Waals surface area contributed by atoms with E-state index in [0.717, 1.165) is 6.54 Å². The first-order valence-electron chi connectivity index (χ1n) is 5.02. The Bertz CT molecular complexity index is 276. The molecule has 0 spiro atoms. The lowest BCUT2D eigenvalue weighted by Crippen LogP contribution is -1.98. The molecular weight excluding hydrogens is 158 g/mol. The van der Waals surface area contributed by atoms with Gasteiger partial charge in [-0.2, -0.15) is 0 Å². The summed E-state index contributed by atoms with van der Waals surface area (Å²) in [6.45, 7) is 1.02. The minimum absolute atomic E-state index is 0.559. The van der Waals surface area contributed by atoms with Crippen LogP contribution >= 0.6 is 0 Å². The zero-order chi connectivity index (χ0) is 8.93. The van der Waals surface area contributed by atoms with Crippen molar-refractivity contribution < 1.29 is 0 Å². The van der Waals surface area contributed by atoms with Gasteiger partial charge in [-0.25, -0.2) is 0 Å². The molecule has 1 atom stereocenters. The van der Waals surface area contributed by atoms with Gasteiger partial charge in [0.2, 0.25) is 0 Å². The average molecular weight is 173 g/mol. The molecule has 0 amide bonds. The Balaban J connectivity index is 2.15. The molecule has 1 aliphatic rings. The van der Waals surface area contributed by atoms with E-state index in [1.165, 1.54) is 24.8 Å². The molecule has 1 aliphatic heterocycles. The molecule has 1 unspecified atom stereocenters. The van der Waals surface area contributed by atoms with E-state index in [2.05, 4.69) is 41.5 Å². The van der Waals surface area contributed by atoms with Crippen molar-refractivity contribution in [2.75, 3.05) is 6.54 Å². The third-order valence-corrected chi connectivity index (χ3v) is 2.57. The fourth-order valence-electron chi connectivity index (χ4n) is 1.80. The number of nitrogens with zero attached hydrogens (tertiary/aromatic N) is 1. The van der Waals surface area contributed by atoms with Crippen molar-refractivity contribution in [1.29, 1.82) is 0 Å². The van der Waals surface area contributed by atoms with Crippen LogP contribution in [0.5, 0.6) is 0 Å². The summed E-state index contributed by atoms with van der Waals surface area (Å²) in [5, 5.41) is 0. The van der Waals surface area contributed by atoms with Gasteiger partial charge < -0.3 is 0 Å². The van der Waals surface area contributed by atoms with Crippen LogP contribution in [0.25, 0.3) is 0 Å². The van der Waals surface area contributed by atoms with Crippen molar-refractivity contribution in [3.8, 4) is 0 Å². The predicted octanol–water partition coefficient (Wildman–Crippen LogP) is 3.02. The Morgan fingerprint density at radius 3 is 2.77 bits per heavy atom. The average Bonchev–Trinajstić information content (AvgIpc) is 2.47. The van der Waals surface area contributed by atoms with E-state index in [0.29, 0.717) is 5.92 Å². The van der Waals surface area contributed by atoms with Crippen molar-refractivity contribution in [2.45, 2.75) is 25.2 Å². The second-order valence-corrected chi connectivity index (χ2v) is 3.57. The molecule has 0 radical (unpaired) electrons. The first kappa shape index (κ1) is 8.49. The molecule has 0 fully saturated rings. The van der Waals surface area contributed by atoms with E-state index in [1.54, 1.807) is 0 Å². The summed E-state index contributed by atoms with van der Waals surface area (Å²) in [4.78, 5) is 4.40.